The molecule has 0 fully saturated rings. The van der Waals surface area contributed by atoms with E-state index >= 15 is 0 Å². The van der Waals surface area contributed by atoms with Gasteiger partial charge in [-0.1, -0.05) is 12.1 Å². The maximum absolute atomic E-state index is 12.8. The monoisotopic (exact) mass is 341 g/mol. The van der Waals surface area contributed by atoms with E-state index in [1.807, 2.05) is 0 Å². The van der Waals surface area contributed by atoms with Gasteiger partial charge in [0.25, 0.3) is 5.91 Å². The molecule has 2 rings (SSSR count). The summed E-state index contributed by atoms with van der Waals surface area (Å²) in [5.41, 5.74) is -0.447. The molecule has 7 heteroatoms. The first-order valence-corrected chi connectivity index (χ1v) is 7.12. The number of amides is 1. The van der Waals surface area contributed by atoms with Crippen LogP contribution in [0.3, 0.4) is 0 Å². The molecule has 3 nitrogen and oxygen atoms in total. The number of ether oxygens (including phenoxy) is 1. The second-order valence-electron chi connectivity index (χ2n) is 5.13. The zero-order chi connectivity index (χ0) is 17.7. The van der Waals surface area contributed by atoms with Gasteiger partial charge in [-0.2, -0.15) is 13.2 Å². The number of hydrogen-bond acceptors (Lipinski definition) is 2. The Labute approximate surface area is 136 Å². The molecule has 0 aliphatic heterocycles. The van der Waals surface area contributed by atoms with Gasteiger partial charge in [0, 0.05) is 6.54 Å². The average Bonchev–Trinajstić information content (AvgIpc) is 2.54. The fraction of sp³-hybridized carbons (Fsp3) is 0.235. The molecule has 0 aromatic heterocycles. The smallest absolute Gasteiger partial charge is 0.416 e. The first-order chi connectivity index (χ1) is 11.3. The maximum atomic E-state index is 12.8. The van der Waals surface area contributed by atoms with Gasteiger partial charge in [-0.05, 0) is 48.9 Å². The number of alkyl halides is 3. The highest BCUT2D eigenvalue weighted by molar-refractivity contribution is 5.80. The number of carbonyl (C=O) groups excluding carboxylic acids is 1. The van der Waals surface area contributed by atoms with Crippen molar-refractivity contribution in [1.29, 1.82) is 0 Å². The fourth-order valence-electron chi connectivity index (χ4n) is 1.96. The summed E-state index contributed by atoms with van der Waals surface area (Å²) < 4.78 is 56.0. The van der Waals surface area contributed by atoms with Crippen LogP contribution in [0.25, 0.3) is 0 Å². The van der Waals surface area contributed by atoms with Crippen molar-refractivity contribution in [2.24, 2.45) is 0 Å². The molecule has 1 unspecified atom stereocenters. The topological polar surface area (TPSA) is 38.3 Å². The Morgan fingerprint density at radius 2 is 1.83 bits per heavy atom. The highest BCUT2D eigenvalue weighted by atomic mass is 19.4. The Morgan fingerprint density at radius 1 is 1.17 bits per heavy atom. The van der Waals surface area contributed by atoms with E-state index in [4.69, 9.17) is 4.74 Å². The van der Waals surface area contributed by atoms with Crippen LogP contribution in [0.5, 0.6) is 5.75 Å². The molecule has 0 bridgehead atoms. The lowest BCUT2D eigenvalue weighted by Gasteiger charge is -2.15. The summed E-state index contributed by atoms with van der Waals surface area (Å²) in [6, 6.07) is 9.87. The minimum atomic E-state index is -4.43. The number of carbonyl (C=O) groups is 1. The van der Waals surface area contributed by atoms with Crippen molar-refractivity contribution in [3.05, 3.63) is 65.5 Å². The minimum Gasteiger partial charge on any atom is -0.481 e. The normalized spacial score (nSPS) is 12.5. The van der Waals surface area contributed by atoms with Crippen molar-refractivity contribution in [1.82, 2.24) is 5.32 Å². The lowest BCUT2D eigenvalue weighted by atomic mass is 10.1. The van der Waals surface area contributed by atoms with Crippen LogP contribution in [0.1, 0.15) is 18.1 Å². The second-order valence-corrected chi connectivity index (χ2v) is 5.13. The van der Waals surface area contributed by atoms with Gasteiger partial charge < -0.3 is 10.1 Å². The van der Waals surface area contributed by atoms with Crippen LogP contribution in [0.15, 0.2) is 48.5 Å². The minimum absolute atomic E-state index is 0.0557. The van der Waals surface area contributed by atoms with E-state index < -0.39 is 29.6 Å². The summed E-state index contributed by atoms with van der Waals surface area (Å²) in [4.78, 5) is 11.9. The largest absolute Gasteiger partial charge is 0.481 e. The number of hydrogen-bond donors (Lipinski definition) is 1. The standard InChI is InChI=1S/C17H15F4NO2/c1-11(24-15-7-5-14(18)6-8-15)16(23)22-10-12-3-2-4-13(9-12)17(19,20)21/h2-9,11H,10H2,1H3,(H,22,23). The molecule has 2 aromatic rings. The van der Waals surface area contributed by atoms with E-state index in [1.165, 1.54) is 43.3 Å². The molecule has 0 saturated carbocycles. The SMILES string of the molecule is CC(Oc1ccc(F)cc1)C(=O)NCc1cccc(C(F)(F)F)c1. The summed E-state index contributed by atoms with van der Waals surface area (Å²) in [5, 5.41) is 2.50. The molecule has 0 heterocycles. The van der Waals surface area contributed by atoms with Crippen LogP contribution >= 0.6 is 0 Å². The van der Waals surface area contributed by atoms with Crippen LogP contribution < -0.4 is 10.1 Å². The van der Waals surface area contributed by atoms with E-state index in [2.05, 4.69) is 5.32 Å². The third kappa shape index (κ3) is 4.97. The van der Waals surface area contributed by atoms with E-state index in [0.29, 0.717) is 11.3 Å². The number of nitrogens with one attached hydrogen (secondary N) is 1. The predicted octanol–water partition coefficient (Wildman–Crippen LogP) is 3.93. The van der Waals surface area contributed by atoms with Gasteiger partial charge >= 0.3 is 6.18 Å². The van der Waals surface area contributed by atoms with Crippen LogP contribution in [0.2, 0.25) is 0 Å². The molecule has 24 heavy (non-hydrogen) atoms. The molecule has 0 radical (unpaired) electrons. The average molecular weight is 341 g/mol. The molecule has 1 atom stereocenters. The highest BCUT2D eigenvalue weighted by Gasteiger charge is 2.30. The zero-order valence-corrected chi connectivity index (χ0v) is 12.7. The van der Waals surface area contributed by atoms with Crippen LogP contribution in [-0.2, 0) is 17.5 Å². The fourth-order valence-corrected chi connectivity index (χ4v) is 1.96. The summed E-state index contributed by atoms with van der Waals surface area (Å²) in [6.07, 6.45) is -5.31. The molecule has 1 amide bonds. The highest BCUT2D eigenvalue weighted by Crippen LogP contribution is 2.29. The van der Waals surface area contributed by atoms with Crippen LogP contribution in [0, 0.1) is 5.82 Å². The Morgan fingerprint density at radius 3 is 2.46 bits per heavy atom. The van der Waals surface area contributed by atoms with Crippen LogP contribution in [-0.4, -0.2) is 12.0 Å². The summed E-state index contributed by atoms with van der Waals surface area (Å²) in [5.74, 6) is -0.598. The maximum Gasteiger partial charge on any atom is 0.416 e. The van der Waals surface area contributed by atoms with Crippen molar-refractivity contribution < 1.29 is 27.1 Å². The quantitative estimate of drug-likeness (QED) is 0.837. The summed E-state index contributed by atoms with van der Waals surface area (Å²) >= 11 is 0. The molecule has 128 valence electrons. The number of benzene rings is 2. The second kappa shape index (κ2) is 7.33. The number of rotatable bonds is 5. The van der Waals surface area contributed by atoms with Gasteiger partial charge in [0.2, 0.25) is 0 Å². The predicted molar refractivity (Wildman–Crippen MR) is 79.8 cm³/mol. The third-order valence-electron chi connectivity index (χ3n) is 3.22. The Hall–Kier alpha value is -2.57. The first-order valence-electron chi connectivity index (χ1n) is 7.12. The Kier molecular flexibility index (Phi) is 5.43. The summed E-state index contributed by atoms with van der Waals surface area (Å²) in [6.45, 7) is 1.44. The van der Waals surface area contributed by atoms with Crippen LogP contribution in [0.4, 0.5) is 17.6 Å². The lowest BCUT2D eigenvalue weighted by molar-refractivity contribution is -0.137. The van der Waals surface area contributed by atoms with Crippen molar-refractivity contribution in [3.63, 3.8) is 0 Å². The molecule has 0 spiro atoms. The lowest BCUT2D eigenvalue weighted by Crippen LogP contribution is -2.35. The van der Waals surface area contributed by atoms with Gasteiger partial charge in [-0.15, -0.1) is 0 Å². The van der Waals surface area contributed by atoms with Gasteiger partial charge in [0.1, 0.15) is 11.6 Å². The molecule has 0 aliphatic rings. The summed E-state index contributed by atoms with van der Waals surface area (Å²) in [7, 11) is 0. The molecule has 0 aliphatic carbocycles. The van der Waals surface area contributed by atoms with Gasteiger partial charge in [0.05, 0.1) is 5.56 Å². The molecular formula is C17H15F4NO2. The van der Waals surface area contributed by atoms with Gasteiger partial charge in [-0.3, -0.25) is 4.79 Å². The Balaban J connectivity index is 1.91. The van der Waals surface area contributed by atoms with Gasteiger partial charge in [-0.25, -0.2) is 4.39 Å². The van der Waals surface area contributed by atoms with E-state index in [1.54, 1.807) is 0 Å². The first kappa shape index (κ1) is 17.8. The zero-order valence-electron chi connectivity index (χ0n) is 12.7. The van der Waals surface area contributed by atoms with E-state index in [0.717, 1.165) is 12.1 Å². The van der Waals surface area contributed by atoms with Crippen molar-refractivity contribution >= 4 is 5.91 Å². The molecular weight excluding hydrogens is 326 g/mol. The van der Waals surface area contributed by atoms with Crippen molar-refractivity contribution in [3.8, 4) is 5.75 Å². The van der Waals surface area contributed by atoms with Crippen molar-refractivity contribution in [2.75, 3.05) is 0 Å². The van der Waals surface area contributed by atoms with E-state index in [9.17, 15) is 22.4 Å². The molecule has 2 aromatic carbocycles. The van der Waals surface area contributed by atoms with Gasteiger partial charge in [0.15, 0.2) is 6.10 Å². The number of halogens is 4. The molecule has 1 N–H and O–H groups in total. The Bertz CT molecular complexity index is 698. The van der Waals surface area contributed by atoms with Crippen molar-refractivity contribution in [2.45, 2.75) is 25.7 Å². The molecule has 0 saturated heterocycles. The van der Waals surface area contributed by atoms with E-state index in [-0.39, 0.29) is 6.54 Å². The third-order valence-corrected chi connectivity index (χ3v) is 3.22.